The number of para-hydroxylation sites is 1. The summed E-state index contributed by atoms with van der Waals surface area (Å²) >= 11 is 0. The standard InChI is InChI=1S/C14H20F3N3O.HI/c1-3-8-19-13(18-2)20-9-11-6-4-5-7-12(11)21-10-14(15,16)17;/h4-7H,3,8-10H2,1-2H3,(H2,18,19,20);1H. The minimum atomic E-state index is -4.35. The molecule has 2 N–H and O–H groups in total. The monoisotopic (exact) mass is 431 g/mol. The fourth-order valence-electron chi connectivity index (χ4n) is 1.59. The summed E-state index contributed by atoms with van der Waals surface area (Å²) in [6.07, 6.45) is -3.40. The average Bonchev–Trinajstić information content (AvgIpc) is 2.45. The normalized spacial score (nSPS) is 11.6. The van der Waals surface area contributed by atoms with Gasteiger partial charge in [-0.1, -0.05) is 25.1 Å². The van der Waals surface area contributed by atoms with E-state index in [1.54, 1.807) is 25.2 Å². The first-order valence-corrected chi connectivity index (χ1v) is 6.68. The van der Waals surface area contributed by atoms with Crippen LogP contribution in [0, 0.1) is 0 Å². The van der Waals surface area contributed by atoms with Crippen molar-refractivity contribution in [2.24, 2.45) is 4.99 Å². The molecule has 1 aromatic rings. The number of guanidine groups is 1. The van der Waals surface area contributed by atoms with Crippen LogP contribution >= 0.6 is 24.0 Å². The lowest BCUT2D eigenvalue weighted by Crippen LogP contribution is -2.37. The van der Waals surface area contributed by atoms with E-state index in [2.05, 4.69) is 15.6 Å². The van der Waals surface area contributed by atoms with Gasteiger partial charge in [-0.25, -0.2) is 0 Å². The Bertz CT molecular complexity index is 467. The van der Waals surface area contributed by atoms with Gasteiger partial charge in [0.15, 0.2) is 12.6 Å². The Morgan fingerprint density at radius 3 is 2.50 bits per heavy atom. The van der Waals surface area contributed by atoms with Gasteiger partial charge < -0.3 is 15.4 Å². The van der Waals surface area contributed by atoms with Crippen molar-refractivity contribution >= 4 is 29.9 Å². The second-order valence-electron chi connectivity index (χ2n) is 4.36. The highest BCUT2D eigenvalue weighted by molar-refractivity contribution is 14.0. The van der Waals surface area contributed by atoms with Crippen molar-refractivity contribution in [2.75, 3.05) is 20.2 Å². The molecular formula is C14H21F3IN3O. The fourth-order valence-corrected chi connectivity index (χ4v) is 1.59. The highest BCUT2D eigenvalue weighted by Crippen LogP contribution is 2.21. The lowest BCUT2D eigenvalue weighted by Gasteiger charge is -2.15. The smallest absolute Gasteiger partial charge is 0.422 e. The van der Waals surface area contributed by atoms with Gasteiger partial charge in [-0.3, -0.25) is 4.99 Å². The zero-order valence-corrected chi connectivity index (χ0v) is 14.9. The van der Waals surface area contributed by atoms with Gasteiger partial charge >= 0.3 is 6.18 Å². The quantitative estimate of drug-likeness (QED) is 0.413. The van der Waals surface area contributed by atoms with Gasteiger partial charge in [-0.15, -0.1) is 24.0 Å². The Balaban J connectivity index is 0.00000441. The van der Waals surface area contributed by atoms with Crippen LogP contribution in [0.5, 0.6) is 5.75 Å². The molecule has 0 heterocycles. The van der Waals surface area contributed by atoms with E-state index in [9.17, 15) is 13.2 Å². The van der Waals surface area contributed by atoms with E-state index in [0.717, 1.165) is 13.0 Å². The molecule has 0 fully saturated rings. The van der Waals surface area contributed by atoms with Crippen LogP contribution in [0.3, 0.4) is 0 Å². The van der Waals surface area contributed by atoms with Crippen LogP contribution in [0.1, 0.15) is 18.9 Å². The SMILES string of the molecule is CCCNC(=NC)NCc1ccccc1OCC(F)(F)F.I. The maximum atomic E-state index is 12.2. The molecule has 8 heteroatoms. The van der Waals surface area contributed by atoms with Gasteiger partial charge in [0.1, 0.15) is 5.75 Å². The molecule has 0 saturated heterocycles. The maximum Gasteiger partial charge on any atom is 0.422 e. The van der Waals surface area contributed by atoms with E-state index in [1.165, 1.54) is 6.07 Å². The zero-order chi connectivity index (χ0) is 15.7. The van der Waals surface area contributed by atoms with Crippen LogP contribution in [0.25, 0.3) is 0 Å². The summed E-state index contributed by atoms with van der Waals surface area (Å²) in [7, 11) is 1.64. The first kappa shape index (κ1) is 20.8. The van der Waals surface area contributed by atoms with Crippen molar-refractivity contribution in [3.63, 3.8) is 0 Å². The first-order chi connectivity index (χ1) is 9.96. The fraction of sp³-hybridized carbons (Fsp3) is 0.500. The Morgan fingerprint density at radius 1 is 1.23 bits per heavy atom. The largest absolute Gasteiger partial charge is 0.484 e. The number of rotatable bonds is 6. The number of hydrogen-bond acceptors (Lipinski definition) is 2. The lowest BCUT2D eigenvalue weighted by atomic mass is 10.2. The molecule has 0 atom stereocenters. The number of aliphatic imine (C=N–C) groups is 1. The second-order valence-corrected chi connectivity index (χ2v) is 4.36. The predicted molar refractivity (Wildman–Crippen MR) is 91.9 cm³/mol. The summed E-state index contributed by atoms with van der Waals surface area (Å²) in [6, 6.07) is 6.62. The third-order valence-corrected chi connectivity index (χ3v) is 2.58. The van der Waals surface area contributed by atoms with Crippen molar-refractivity contribution in [3.05, 3.63) is 29.8 Å². The number of benzene rings is 1. The van der Waals surface area contributed by atoms with Crippen LogP contribution in [0.15, 0.2) is 29.3 Å². The lowest BCUT2D eigenvalue weighted by molar-refractivity contribution is -0.153. The Kier molecular flexibility index (Phi) is 9.95. The Hall–Kier alpha value is -1.19. The van der Waals surface area contributed by atoms with Gasteiger partial charge in [0, 0.05) is 25.7 Å². The van der Waals surface area contributed by atoms with Gasteiger partial charge in [0.25, 0.3) is 0 Å². The molecule has 1 rings (SSSR count). The average molecular weight is 431 g/mol. The minimum Gasteiger partial charge on any atom is -0.484 e. The predicted octanol–water partition coefficient (Wildman–Crippen LogP) is 3.32. The van der Waals surface area contributed by atoms with E-state index >= 15 is 0 Å². The van der Waals surface area contributed by atoms with Crippen LogP contribution in [0.4, 0.5) is 13.2 Å². The van der Waals surface area contributed by atoms with Gasteiger partial charge in [0.05, 0.1) is 0 Å². The number of hydrogen-bond donors (Lipinski definition) is 2. The van der Waals surface area contributed by atoms with Crippen LogP contribution in [-0.4, -0.2) is 32.3 Å². The first-order valence-electron chi connectivity index (χ1n) is 6.68. The Morgan fingerprint density at radius 2 is 1.91 bits per heavy atom. The summed E-state index contributed by atoms with van der Waals surface area (Å²) in [5, 5.41) is 6.12. The molecule has 4 nitrogen and oxygen atoms in total. The second kappa shape index (κ2) is 10.5. The molecule has 1 aromatic carbocycles. The van der Waals surface area contributed by atoms with Crippen molar-refractivity contribution < 1.29 is 17.9 Å². The number of nitrogens with one attached hydrogen (secondary N) is 2. The highest BCUT2D eigenvalue weighted by atomic mass is 127. The third-order valence-electron chi connectivity index (χ3n) is 2.58. The van der Waals surface area contributed by atoms with Crippen molar-refractivity contribution in [1.29, 1.82) is 0 Å². The summed E-state index contributed by atoms with van der Waals surface area (Å²) in [5.74, 6) is 0.816. The molecule has 0 radical (unpaired) electrons. The van der Waals surface area contributed by atoms with Crippen molar-refractivity contribution in [2.45, 2.75) is 26.1 Å². The molecule has 0 aliphatic carbocycles. The van der Waals surface area contributed by atoms with Crippen LogP contribution < -0.4 is 15.4 Å². The molecule has 0 aliphatic rings. The number of nitrogens with zero attached hydrogens (tertiary/aromatic N) is 1. The molecular weight excluding hydrogens is 410 g/mol. The number of alkyl halides is 3. The number of ether oxygens (including phenoxy) is 1. The molecule has 0 spiro atoms. The molecule has 0 aliphatic heterocycles. The van der Waals surface area contributed by atoms with Gasteiger partial charge in [0.2, 0.25) is 0 Å². The topological polar surface area (TPSA) is 45.7 Å². The van der Waals surface area contributed by atoms with Crippen LogP contribution in [0.2, 0.25) is 0 Å². The van der Waals surface area contributed by atoms with Crippen molar-refractivity contribution in [3.8, 4) is 5.75 Å². The molecule has 126 valence electrons. The summed E-state index contributed by atoms with van der Waals surface area (Å²) in [6.45, 7) is 1.83. The van der Waals surface area contributed by atoms with Crippen LogP contribution in [-0.2, 0) is 6.54 Å². The molecule has 0 amide bonds. The summed E-state index contributed by atoms with van der Waals surface area (Å²) in [5.41, 5.74) is 0.640. The zero-order valence-electron chi connectivity index (χ0n) is 12.5. The van der Waals surface area contributed by atoms with Crippen molar-refractivity contribution in [1.82, 2.24) is 10.6 Å². The number of halogens is 4. The highest BCUT2D eigenvalue weighted by Gasteiger charge is 2.28. The van der Waals surface area contributed by atoms with E-state index in [4.69, 9.17) is 4.74 Å². The van der Waals surface area contributed by atoms with E-state index < -0.39 is 12.8 Å². The third kappa shape index (κ3) is 8.30. The maximum absolute atomic E-state index is 12.2. The van der Waals surface area contributed by atoms with Gasteiger partial charge in [-0.05, 0) is 12.5 Å². The van der Waals surface area contributed by atoms with Gasteiger partial charge in [-0.2, -0.15) is 13.2 Å². The van der Waals surface area contributed by atoms with E-state index in [1.807, 2.05) is 6.92 Å². The summed E-state index contributed by atoms with van der Waals surface area (Å²) in [4.78, 5) is 4.03. The van der Waals surface area contributed by atoms with E-state index in [0.29, 0.717) is 18.1 Å². The molecule has 0 aromatic heterocycles. The molecule has 22 heavy (non-hydrogen) atoms. The van der Waals surface area contributed by atoms with E-state index in [-0.39, 0.29) is 29.7 Å². The minimum absolute atomic E-state index is 0. The summed E-state index contributed by atoms with van der Waals surface area (Å²) < 4.78 is 41.5. The molecule has 0 bridgehead atoms. The molecule has 0 unspecified atom stereocenters. The molecule has 0 saturated carbocycles. The Labute approximate surface area is 145 Å².